The molecule has 0 radical (unpaired) electrons. The molecule has 2 aromatic rings. The quantitative estimate of drug-likeness (QED) is 0.781. The Labute approximate surface area is 130 Å². The van der Waals surface area contributed by atoms with Crippen LogP contribution in [0.15, 0.2) is 46.9 Å². The van der Waals surface area contributed by atoms with E-state index >= 15 is 0 Å². The fourth-order valence-electron chi connectivity index (χ4n) is 1.75. The number of aromatic carboxylic acids is 1. The molecule has 6 heteroatoms. The van der Waals surface area contributed by atoms with Crippen molar-refractivity contribution in [3.05, 3.63) is 58.1 Å². The number of nitrogens with one attached hydrogen (secondary N) is 2. The van der Waals surface area contributed by atoms with Crippen LogP contribution in [0.4, 0.5) is 16.2 Å². The van der Waals surface area contributed by atoms with Gasteiger partial charge in [-0.2, -0.15) is 0 Å². The lowest BCUT2D eigenvalue weighted by Crippen LogP contribution is -2.20. The summed E-state index contributed by atoms with van der Waals surface area (Å²) < 4.78 is 0.925. The van der Waals surface area contributed by atoms with Crippen molar-refractivity contribution in [1.82, 2.24) is 0 Å². The number of carbonyl (C=O) groups excluding carboxylic acids is 1. The van der Waals surface area contributed by atoms with Crippen LogP contribution >= 0.6 is 15.9 Å². The second-order valence-corrected chi connectivity index (χ2v) is 5.34. The number of rotatable bonds is 3. The van der Waals surface area contributed by atoms with Crippen LogP contribution in [0.25, 0.3) is 0 Å². The third-order valence-corrected chi connectivity index (χ3v) is 3.35. The van der Waals surface area contributed by atoms with Crippen molar-refractivity contribution in [2.45, 2.75) is 6.92 Å². The molecule has 0 bridgehead atoms. The maximum absolute atomic E-state index is 11.9. The van der Waals surface area contributed by atoms with Gasteiger partial charge in [0, 0.05) is 15.8 Å². The van der Waals surface area contributed by atoms with Gasteiger partial charge in [-0.1, -0.05) is 15.9 Å². The van der Waals surface area contributed by atoms with Crippen molar-refractivity contribution in [3.8, 4) is 0 Å². The van der Waals surface area contributed by atoms with Gasteiger partial charge in [0.25, 0.3) is 0 Å². The highest BCUT2D eigenvalue weighted by molar-refractivity contribution is 9.10. The van der Waals surface area contributed by atoms with E-state index in [2.05, 4.69) is 26.6 Å². The van der Waals surface area contributed by atoms with Gasteiger partial charge in [-0.05, 0) is 55.0 Å². The smallest absolute Gasteiger partial charge is 0.335 e. The van der Waals surface area contributed by atoms with Gasteiger partial charge in [0.2, 0.25) is 0 Å². The van der Waals surface area contributed by atoms with Crippen LogP contribution in [-0.2, 0) is 0 Å². The zero-order valence-electron chi connectivity index (χ0n) is 11.2. The first kappa shape index (κ1) is 15.1. The highest BCUT2D eigenvalue weighted by atomic mass is 79.9. The molecule has 108 valence electrons. The maximum Gasteiger partial charge on any atom is 0.335 e. The monoisotopic (exact) mass is 348 g/mol. The Morgan fingerprint density at radius 2 is 1.71 bits per heavy atom. The first-order valence-corrected chi connectivity index (χ1v) is 6.92. The maximum atomic E-state index is 11.9. The lowest BCUT2D eigenvalue weighted by atomic mass is 10.1. The van der Waals surface area contributed by atoms with Gasteiger partial charge in [-0.15, -0.1) is 0 Å². The molecule has 3 N–H and O–H groups in total. The molecule has 0 aliphatic carbocycles. The van der Waals surface area contributed by atoms with Gasteiger partial charge in [0.1, 0.15) is 0 Å². The summed E-state index contributed by atoms with van der Waals surface area (Å²) in [5.41, 5.74) is 2.09. The molecule has 0 saturated heterocycles. The summed E-state index contributed by atoms with van der Waals surface area (Å²) in [7, 11) is 0. The Kier molecular flexibility index (Phi) is 4.59. The van der Waals surface area contributed by atoms with Gasteiger partial charge < -0.3 is 15.7 Å². The van der Waals surface area contributed by atoms with Crippen LogP contribution in [-0.4, -0.2) is 17.1 Å². The summed E-state index contributed by atoms with van der Waals surface area (Å²) in [6.07, 6.45) is 0. The number of carboxylic acids is 1. The molecular weight excluding hydrogens is 336 g/mol. The number of carbonyl (C=O) groups is 2. The number of hydrogen-bond acceptors (Lipinski definition) is 2. The van der Waals surface area contributed by atoms with E-state index in [0.717, 1.165) is 4.47 Å². The van der Waals surface area contributed by atoms with Gasteiger partial charge in [0.15, 0.2) is 0 Å². The Balaban J connectivity index is 2.06. The molecule has 21 heavy (non-hydrogen) atoms. The van der Waals surface area contributed by atoms with E-state index in [-0.39, 0.29) is 11.6 Å². The number of halogens is 1. The highest BCUT2D eigenvalue weighted by Gasteiger charge is 2.08. The number of hydrogen-bond donors (Lipinski definition) is 3. The van der Waals surface area contributed by atoms with Crippen LogP contribution in [0.5, 0.6) is 0 Å². The predicted octanol–water partition coefficient (Wildman–Crippen LogP) is 4.10. The lowest BCUT2D eigenvalue weighted by molar-refractivity contribution is 0.0697. The molecule has 0 aliphatic rings. The zero-order valence-corrected chi connectivity index (χ0v) is 12.8. The van der Waals surface area contributed by atoms with E-state index in [1.54, 1.807) is 25.1 Å². The molecule has 0 unspecified atom stereocenters. The second-order valence-electron chi connectivity index (χ2n) is 4.42. The Morgan fingerprint density at radius 1 is 1.05 bits per heavy atom. The number of anilines is 2. The standard InChI is InChI=1S/C15H13BrN2O3/c1-9-8-10(14(19)20)2-7-13(9)18-15(21)17-12-5-3-11(16)4-6-12/h2-8H,1H3,(H,19,20)(H2,17,18,21). The molecule has 0 aromatic heterocycles. The number of aryl methyl sites for hydroxylation is 1. The van der Waals surface area contributed by atoms with E-state index in [1.165, 1.54) is 12.1 Å². The average Bonchev–Trinajstić information content (AvgIpc) is 2.43. The molecule has 0 atom stereocenters. The van der Waals surface area contributed by atoms with Gasteiger partial charge in [-0.25, -0.2) is 9.59 Å². The molecule has 0 fully saturated rings. The fourth-order valence-corrected chi connectivity index (χ4v) is 2.02. The Hall–Kier alpha value is -2.34. The Bertz CT molecular complexity index is 684. The van der Waals surface area contributed by atoms with E-state index < -0.39 is 5.97 Å². The van der Waals surface area contributed by atoms with Crippen molar-refractivity contribution in [3.63, 3.8) is 0 Å². The molecule has 0 saturated carbocycles. The second kappa shape index (κ2) is 6.41. The van der Waals surface area contributed by atoms with Crippen LogP contribution in [0, 0.1) is 6.92 Å². The zero-order chi connectivity index (χ0) is 15.4. The fraction of sp³-hybridized carbons (Fsp3) is 0.0667. The first-order valence-electron chi connectivity index (χ1n) is 6.13. The predicted molar refractivity (Wildman–Crippen MR) is 84.9 cm³/mol. The van der Waals surface area contributed by atoms with Crippen LogP contribution in [0.3, 0.4) is 0 Å². The van der Waals surface area contributed by atoms with E-state index in [1.807, 2.05) is 12.1 Å². The minimum Gasteiger partial charge on any atom is -0.478 e. The molecule has 2 rings (SSSR count). The Morgan fingerprint density at radius 3 is 2.29 bits per heavy atom. The van der Waals surface area contributed by atoms with Crippen molar-refractivity contribution in [2.75, 3.05) is 10.6 Å². The minimum atomic E-state index is -0.996. The number of benzene rings is 2. The largest absolute Gasteiger partial charge is 0.478 e. The first-order chi connectivity index (χ1) is 9.95. The number of urea groups is 1. The van der Waals surface area contributed by atoms with Crippen LogP contribution < -0.4 is 10.6 Å². The van der Waals surface area contributed by atoms with Gasteiger partial charge in [0.05, 0.1) is 5.56 Å². The molecule has 2 aromatic carbocycles. The summed E-state index contributed by atoms with van der Waals surface area (Å²) in [5, 5.41) is 14.3. The van der Waals surface area contributed by atoms with Crippen molar-refractivity contribution < 1.29 is 14.7 Å². The summed E-state index contributed by atoms with van der Waals surface area (Å²) in [5.74, 6) is -0.996. The summed E-state index contributed by atoms with van der Waals surface area (Å²) in [6, 6.07) is 11.3. The highest BCUT2D eigenvalue weighted by Crippen LogP contribution is 2.18. The van der Waals surface area contributed by atoms with E-state index in [9.17, 15) is 9.59 Å². The molecule has 2 amide bonds. The number of carboxylic acid groups (broad SMARTS) is 1. The molecule has 0 aliphatic heterocycles. The molecule has 5 nitrogen and oxygen atoms in total. The topological polar surface area (TPSA) is 78.4 Å². The summed E-state index contributed by atoms with van der Waals surface area (Å²) in [6.45, 7) is 1.74. The third-order valence-electron chi connectivity index (χ3n) is 2.82. The van der Waals surface area contributed by atoms with E-state index in [0.29, 0.717) is 16.9 Å². The van der Waals surface area contributed by atoms with Gasteiger partial charge in [-0.3, -0.25) is 0 Å². The normalized spacial score (nSPS) is 10.0. The average molecular weight is 349 g/mol. The third kappa shape index (κ3) is 4.06. The van der Waals surface area contributed by atoms with E-state index in [4.69, 9.17) is 5.11 Å². The van der Waals surface area contributed by atoms with Crippen molar-refractivity contribution in [2.24, 2.45) is 0 Å². The molecule has 0 heterocycles. The van der Waals surface area contributed by atoms with Gasteiger partial charge >= 0.3 is 12.0 Å². The number of amides is 2. The summed E-state index contributed by atoms with van der Waals surface area (Å²) >= 11 is 3.32. The minimum absolute atomic E-state index is 0.186. The van der Waals surface area contributed by atoms with Crippen LogP contribution in [0.2, 0.25) is 0 Å². The molecular formula is C15H13BrN2O3. The van der Waals surface area contributed by atoms with Crippen molar-refractivity contribution in [1.29, 1.82) is 0 Å². The van der Waals surface area contributed by atoms with Crippen LogP contribution in [0.1, 0.15) is 15.9 Å². The lowest BCUT2D eigenvalue weighted by Gasteiger charge is -2.10. The summed E-state index contributed by atoms with van der Waals surface area (Å²) in [4.78, 5) is 22.7. The SMILES string of the molecule is Cc1cc(C(=O)O)ccc1NC(=O)Nc1ccc(Br)cc1. The molecule has 0 spiro atoms. The van der Waals surface area contributed by atoms with Crippen molar-refractivity contribution >= 4 is 39.3 Å².